The van der Waals surface area contributed by atoms with Gasteiger partial charge in [0.25, 0.3) is 0 Å². The number of benzene rings is 1. The number of aromatic nitrogens is 2. The van der Waals surface area contributed by atoms with Crippen molar-refractivity contribution in [2.45, 2.75) is 20.4 Å². The molecule has 3 aromatic rings. The van der Waals surface area contributed by atoms with Gasteiger partial charge in [0, 0.05) is 11.4 Å². The van der Waals surface area contributed by atoms with Crippen LogP contribution >= 0.6 is 11.3 Å². The minimum absolute atomic E-state index is 0.518. The molecule has 0 radical (unpaired) electrons. The summed E-state index contributed by atoms with van der Waals surface area (Å²) in [7, 11) is 0. The molecule has 92 valence electrons. The van der Waals surface area contributed by atoms with Gasteiger partial charge in [-0.05, 0) is 37.1 Å². The van der Waals surface area contributed by atoms with Crippen molar-refractivity contribution in [2.75, 3.05) is 0 Å². The van der Waals surface area contributed by atoms with Crippen LogP contribution in [0, 0.1) is 13.8 Å². The summed E-state index contributed by atoms with van der Waals surface area (Å²) in [6, 6.07) is 8.26. The Bertz CT molecular complexity index is 689. The number of hydrogen-bond donors (Lipinski definition) is 2. The molecule has 0 bridgehead atoms. The highest BCUT2D eigenvalue weighted by molar-refractivity contribution is 7.15. The number of hydrogen-bond acceptors (Lipinski definition) is 3. The molecular weight excluding hydrogens is 242 g/mol. The molecule has 18 heavy (non-hydrogen) atoms. The van der Waals surface area contributed by atoms with E-state index in [1.165, 1.54) is 15.3 Å². The van der Waals surface area contributed by atoms with Gasteiger partial charge in [0.05, 0.1) is 15.9 Å². The zero-order valence-electron chi connectivity index (χ0n) is 10.4. The van der Waals surface area contributed by atoms with Gasteiger partial charge >= 0.3 is 0 Å². The summed E-state index contributed by atoms with van der Waals surface area (Å²) < 4.78 is 0. The molecule has 2 heterocycles. The molecule has 0 aliphatic carbocycles. The van der Waals surface area contributed by atoms with Gasteiger partial charge in [-0.1, -0.05) is 12.1 Å². The third-order valence-corrected chi connectivity index (χ3v) is 4.37. The Morgan fingerprint density at radius 1 is 1.33 bits per heavy atom. The van der Waals surface area contributed by atoms with Crippen LogP contribution in [0.15, 0.2) is 24.3 Å². The third-order valence-electron chi connectivity index (χ3n) is 3.22. The van der Waals surface area contributed by atoms with Gasteiger partial charge in [0.1, 0.15) is 5.82 Å². The maximum atomic E-state index is 5.74. The molecule has 3 rings (SSSR count). The van der Waals surface area contributed by atoms with Crippen LogP contribution in [-0.4, -0.2) is 9.97 Å². The molecule has 3 nitrogen and oxygen atoms in total. The van der Waals surface area contributed by atoms with E-state index in [9.17, 15) is 0 Å². The predicted octanol–water partition coefficient (Wildman–Crippen LogP) is 3.37. The number of imidazole rings is 1. The second-order valence-corrected chi connectivity index (χ2v) is 5.71. The highest BCUT2D eigenvalue weighted by Gasteiger charge is 2.10. The summed E-state index contributed by atoms with van der Waals surface area (Å²) >= 11 is 1.77. The number of nitrogens with two attached hydrogens (primary N) is 1. The lowest BCUT2D eigenvalue weighted by Gasteiger charge is -1.95. The zero-order chi connectivity index (χ0) is 12.7. The molecule has 0 saturated heterocycles. The highest BCUT2D eigenvalue weighted by atomic mass is 32.1. The first-order valence-electron chi connectivity index (χ1n) is 5.94. The summed E-state index contributed by atoms with van der Waals surface area (Å²) in [6.45, 7) is 4.78. The van der Waals surface area contributed by atoms with Crippen molar-refractivity contribution < 1.29 is 0 Å². The largest absolute Gasteiger partial charge is 0.337 e. The normalized spacial score (nSPS) is 11.3. The number of thiophene rings is 1. The van der Waals surface area contributed by atoms with E-state index in [1.54, 1.807) is 11.3 Å². The van der Waals surface area contributed by atoms with Crippen LogP contribution in [0.2, 0.25) is 0 Å². The number of rotatable bonds is 2. The van der Waals surface area contributed by atoms with E-state index in [2.05, 4.69) is 29.9 Å². The van der Waals surface area contributed by atoms with E-state index < -0.39 is 0 Å². The Labute approximate surface area is 110 Å². The SMILES string of the molecule is Cc1cc(-c2nc3c(CN)cccc3[nH]2)sc1C. The number of nitrogens with zero attached hydrogens (tertiary/aromatic N) is 1. The molecule has 4 heteroatoms. The Morgan fingerprint density at radius 3 is 2.83 bits per heavy atom. The highest BCUT2D eigenvalue weighted by Crippen LogP contribution is 2.30. The average Bonchev–Trinajstić information content (AvgIpc) is 2.93. The number of nitrogens with one attached hydrogen (secondary N) is 1. The van der Waals surface area contributed by atoms with Gasteiger partial charge in [0.2, 0.25) is 0 Å². The number of para-hydroxylation sites is 1. The number of fused-ring (bicyclic) bond motifs is 1. The monoisotopic (exact) mass is 257 g/mol. The van der Waals surface area contributed by atoms with Crippen molar-refractivity contribution >= 4 is 22.4 Å². The average molecular weight is 257 g/mol. The Hall–Kier alpha value is -1.65. The lowest BCUT2D eigenvalue weighted by Crippen LogP contribution is -1.96. The van der Waals surface area contributed by atoms with E-state index in [1.807, 2.05) is 18.2 Å². The van der Waals surface area contributed by atoms with Crippen molar-refractivity contribution in [3.8, 4) is 10.7 Å². The zero-order valence-corrected chi connectivity index (χ0v) is 11.3. The van der Waals surface area contributed by atoms with Crippen molar-refractivity contribution in [3.05, 3.63) is 40.3 Å². The van der Waals surface area contributed by atoms with E-state index in [0.717, 1.165) is 22.4 Å². The molecule has 0 spiro atoms. The van der Waals surface area contributed by atoms with E-state index >= 15 is 0 Å². The first-order valence-corrected chi connectivity index (χ1v) is 6.76. The number of aromatic amines is 1. The summed E-state index contributed by atoms with van der Waals surface area (Å²) in [5, 5.41) is 0. The Kier molecular flexibility index (Phi) is 2.69. The summed E-state index contributed by atoms with van der Waals surface area (Å²) in [5.41, 5.74) is 10.2. The van der Waals surface area contributed by atoms with Crippen LogP contribution in [0.5, 0.6) is 0 Å². The molecular formula is C14H15N3S. The van der Waals surface area contributed by atoms with Crippen molar-refractivity contribution in [2.24, 2.45) is 5.73 Å². The third kappa shape index (κ3) is 1.74. The van der Waals surface area contributed by atoms with Gasteiger partial charge in [-0.15, -0.1) is 11.3 Å². The van der Waals surface area contributed by atoms with E-state index in [4.69, 9.17) is 5.73 Å². The van der Waals surface area contributed by atoms with Gasteiger partial charge in [-0.25, -0.2) is 4.98 Å². The quantitative estimate of drug-likeness (QED) is 0.739. The van der Waals surface area contributed by atoms with Crippen molar-refractivity contribution in [3.63, 3.8) is 0 Å². The summed E-state index contributed by atoms with van der Waals surface area (Å²) in [4.78, 5) is 10.6. The smallest absolute Gasteiger partial charge is 0.148 e. The van der Waals surface area contributed by atoms with Crippen LogP contribution < -0.4 is 5.73 Å². The Balaban J connectivity index is 2.19. The fraction of sp³-hybridized carbons (Fsp3) is 0.214. The first kappa shape index (κ1) is 11.4. The molecule has 1 aromatic carbocycles. The molecule has 0 amide bonds. The fourth-order valence-corrected chi connectivity index (χ4v) is 3.04. The minimum atomic E-state index is 0.518. The maximum Gasteiger partial charge on any atom is 0.148 e. The van der Waals surface area contributed by atoms with E-state index in [0.29, 0.717) is 6.54 Å². The molecule has 0 saturated carbocycles. The van der Waals surface area contributed by atoms with Crippen LogP contribution in [0.4, 0.5) is 0 Å². The van der Waals surface area contributed by atoms with Gasteiger partial charge < -0.3 is 10.7 Å². The van der Waals surface area contributed by atoms with Crippen molar-refractivity contribution in [1.82, 2.24) is 9.97 Å². The molecule has 0 unspecified atom stereocenters. The fourth-order valence-electron chi connectivity index (χ4n) is 2.06. The first-order chi connectivity index (χ1) is 8.69. The predicted molar refractivity (Wildman–Crippen MR) is 76.8 cm³/mol. The van der Waals surface area contributed by atoms with Crippen LogP contribution in [0.25, 0.3) is 21.7 Å². The summed E-state index contributed by atoms with van der Waals surface area (Å²) in [6.07, 6.45) is 0. The number of aryl methyl sites for hydroxylation is 2. The molecule has 0 aliphatic rings. The lowest BCUT2D eigenvalue weighted by atomic mass is 10.2. The van der Waals surface area contributed by atoms with Crippen LogP contribution in [0.1, 0.15) is 16.0 Å². The van der Waals surface area contributed by atoms with E-state index in [-0.39, 0.29) is 0 Å². The minimum Gasteiger partial charge on any atom is -0.337 e. The Morgan fingerprint density at radius 2 is 2.17 bits per heavy atom. The lowest BCUT2D eigenvalue weighted by molar-refractivity contribution is 1.08. The topological polar surface area (TPSA) is 54.7 Å². The van der Waals surface area contributed by atoms with Gasteiger partial charge in [-0.3, -0.25) is 0 Å². The standard InChI is InChI=1S/C14H15N3S/c1-8-6-12(18-9(8)2)14-16-11-5-3-4-10(7-15)13(11)17-14/h3-6H,7,15H2,1-2H3,(H,16,17). The second kappa shape index (κ2) is 4.23. The second-order valence-electron chi connectivity index (χ2n) is 4.45. The van der Waals surface area contributed by atoms with Crippen molar-refractivity contribution in [1.29, 1.82) is 0 Å². The molecule has 0 fully saturated rings. The van der Waals surface area contributed by atoms with Gasteiger partial charge in [-0.2, -0.15) is 0 Å². The molecule has 3 N–H and O–H groups in total. The van der Waals surface area contributed by atoms with Crippen LogP contribution in [0.3, 0.4) is 0 Å². The summed E-state index contributed by atoms with van der Waals surface area (Å²) in [5.74, 6) is 0.937. The molecule has 0 atom stereocenters. The number of H-pyrrole nitrogens is 1. The van der Waals surface area contributed by atoms with Gasteiger partial charge in [0.15, 0.2) is 0 Å². The molecule has 0 aliphatic heterocycles. The van der Waals surface area contributed by atoms with Crippen LogP contribution in [-0.2, 0) is 6.54 Å². The maximum absolute atomic E-state index is 5.74. The molecule has 2 aromatic heterocycles.